The van der Waals surface area contributed by atoms with Crippen LogP contribution in [-0.2, 0) is 6.42 Å². The largest absolute Gasteiger partial charge is 0.493 e. The number of aryl methyl sites for hydroxylation is 1. The Hall–Kier alpha value is -3.67. The van der Waals surface area contributed by atoms with Crippen molar-refractivity contribution in [2.24, 2.45) is 0 Å². The molecule has 0 radical (unpaired) electrons. The van der Waals surface area contributed by atoms with E-state index >= 15 is 0 Å². The lowest BCUT2D eigenvalue weighted by Gasteiger charge is -2.17. The van der Waals surface area contributed by atoms with Crippen LogP contribution < -0.4 is 29.6 Å². The molecule has 10 nitrogen and oxygen atoms in total. The number of hydrogen-bond donors (Lipinski definition) is 2. The number of ether oxygens (including phenoxy) is 4. The molecule has 2 amide bonds. The number of nitrogens with one attached hydrogen (secondary N) is 2. The summed E-state index contributed by atoms with van der Waals surface area (Å²) in [7, 11) is 3.15. The Morgan fingerprint density at radius 2 is 1.09 bits per heavy atom. The van der Waals surface area contributed by atoms with Gasteiger partial charge >= 0.3 is 0 Å². The topological polar surface area (TPSA) is 121 Å². The lowest BCUT2D eigenvalue weighted by Crippen LogP contribution is -2.15. The maximum absolute atomic E-state index is 12.8. The van der Waals surface area contributed by atoms with E-state index in [1.807, 2.05) is 6.92 Å². The molecule has 2 aliphatic carbocycles. The summed E-state index contributed by atoms with van der Waals surface area (Å²) in [6.45, 7) is 1.93. The number of halogens is 5. The fourth-order valence-corrected chi connectivity index (χ4v) is 7.14. The van der Waals surface area contributed by atoms with Gasteiger partial charge < -0.3 is 29.6 Å². The van der Waals surface area contributed by atoms with E-state index in [1.165, 1.54) is 12.4 Å². The maximum atomic E-state index is 12.8. The summed E-state index contributed by atoms with van der Waals surface area (Å²) in [4.78, 5) is 33.4. The molecule has 2 fully saturated rings. The normalized spacial score (nSPS) is 14.3. The van der Waals surface area contributed by atoms with E-state index in [0.717, 1.165) is 51.4 Å². The van der Waals surface area contributed by atoms with Crippen molar-refractivity contribution in [3.05, 3.63) is 90.9 Å². The molecule has 0 bridgehead atoms. The second-order valence-corrected chi connectivity index (χ2v) is 14.3. The number of amides is 2. The van der Waals surface area contributed by atoms with Gasteiger partial charge in [-0.2, -0.15) is 0 Å². The molecule has 6 rings (SSSR count). The third kappa shape index (κ3) is 10.3. The van der Waals surface area contributed by atoms with Crippen LogP contribution in [0.5, 0.6) is 23.0 Å². The van der Waals surface area contributed by atoms with Crippen LogP contribution in [0.2, 0.25) is 25.2 Å². The van der Waals surface area contributed by atoms with E-state index in [2.05, 4.69) is 20.6 Å². The summed E-state index contributed by atoms with van der Waals surface area (Å²) in [5.74, 6) is 1.57. The number of pyridine rings is 2. The molecule has 0 atom stereocenters. The first-order chi connectivity index (χ1) is 25.5. The van der Waals surface area contributed by atoms with Gasteiger partial charge in [0.2, 0.25) is 0 Å². The van der Waals surface area contributed by atoms with Crippen LogP contribution in [0.3, 0.4) is 0 Å². The molecular formula is C38H39Cl5N4O6. The number of methoxy groups -OCH3 is 2. The highest BCUT2D eigenvalue weighted by Gasteiger charge is 2.23. The summed E-state index contributed by atoms with van der Waals surface area (Å²) in [5, 5.41) is 6.45. The monoisotopic (exact) mass is 822 g/mol. The fourth-order valence-electron chi connectivity index (χ4n) is 5.99. The lowest BCUT2D eigenvalue weighted by atomic mass is 10.1. The highest BCUT2D eigenvalue weighted by atomic mass is 35.5. The minimum absolute atomic E-state index is 0.0614. The number of carbonyl (C=O) groups excluding carboxylic acids is 2. The molecule has 2 saturated carbocycles. The smallest absolute Gasteiger partial charge is 0.255 e. The van der Waals surface area contributed by atoms with Crippen LogP contribution in [0.25, 0.3) is 0 Å². The van der Waals surface area contributed by atoms with Crippen LogP contribution in [0.4, 0.5) is 11.4 Å². The molecule has 282 valence electrons. The Morgan fingerprint density at radius 1 is 0.660 bits per heavy atom. The number of benzene rings is 2. The fraction of sp³-hybridized carbons (Fsp3) is 0.368. The van der Waals surface area contributed by atoms with Gasteiger partial charge in [0.25, 0.3) is 11.8 Å². The van der Waals surface area contributed by atoms with Crippen molar-refractivity contribution in [3.8, 4) is 23.0 Å². The summed E-state index contributed by atoms with van der Waals surface area (Å²) in [6, 6.07) is 10.1. The van der Waals surface area contributed by atoms with E-state index in [-0.39, 0.29) is 39.0 Å². The van der Waals surface area contributed by atoms with Crippen molar-refractivity contribution in [1.29, 1.82) is 0 Å². The van der Waals surface area contributed by atoms with Gasteiger partial charge in [-0.1, -0.05) is 64.9 Å². The van der Waals surface area contributed by atoms with E-state index in [0.29, 0.717) is 62.0 Å². The molecule has 53 heavy (non-hydrogen) atoms. The van der Waals surface area contributed by atoms with Gasteiger partial charge in [0, 0.05) is 23.5 Å². The van der Waals surface area contributed by atoms with Crippen LogP contribution in [-0.4, -0.2) is 48.2 Å². The average molecular weight is 825 g/mol. The van der Waals surface area contributed by atoms with E-state index in [1.54, 1.807) is 50.6 Å². The minimum Gasteiger partial charge on any atom is -0.493 e. The Bertz CT molecular complexity index is 1940. The maximum Gasteiger partial charge on any atom is 0.255 e. The second-order valence-electron chi connectivity index (χ2n) is 12.4. The van der Waals surface area contributed by atoms with Gasteiger partial charge in [0.05, 0.1) is 58.6 Å². The third-order valence-electron chi connectivity index (χ3n) is 8.83. The van der Waals surface area contributed by atoms with Crippen LogP contribution in [0.1, 0.15) is 84.7 Å². The Labute approximate surface area is 333 Å². The molecular weight excluding hydrogens is 786 g/mol. The number of carbonyl (C=O) groups is 2. The SMILES string of the molecule is CCc1ncc(Cl)c(NC(=O)c2ccc(OC)c(OC3CCCC3)c2)c1Cl.COc1ccc(C(=O)Nc2c(Cl)cnc(Cl)c2Cl)cc1OC1CCCC1. The lowest BCUT2D eigenvalue weighted by molar-refractivity contribution is 0.101. The molecule has 0 spiro atoms. The Morgan fingerprint density at radius 3 is 1.53 bits per heavy atom. The Kier molecular flexibility index (Phi) is 14.6. The molecule has 0 aliphatic heterocycles. The quantitative estimate of drug-likeness (QED) is 0.143. The zero-order valence-corrected chi connectivity index (χ0v) is 33.2. The first kappa shape index (κ1) is 40.5. The summed E-state index contributed by atoms with van der Waals surface area (Å²) in [6.07, 6.45) is 12.4. The minimum atomic E-state index is -0.394. The first-order valence-corrected chi connectivity index (χ1v) is 19.1. The summed E-state index contributed by atoms with van der Waals surface area (Å²) < 4.78 is 22.8. The van der Waals surface area contributed by atoms with Gasteiger partial charge in [-0.3, -0.25) is 14.6 Å². The molecule has 15 heteroatoms. The molecule has 2 N–H and O–H groups in total. The van der Waals surface area contributed by atoms with Gasteiger partial charge in [0.15, 0.2) is 23.0 Å². The summed E-state index contributed by atoms with van der Waals surface area (Å²) in [5.41, 5.74) is 2.08. The van der Waals surface area contributed by atoms with Crippen molar-refractivity contribution in [2.45, 2.75) is 76.9 Å². The molecule has 0 saturated heterocycles. The highest BCUT2D eigenvalue weighted by Crippen LogP contribution is 2.37. The van der Waals surface area contributed by atoms with E-state index in [4.69, 9.17) is 77.0 Å². The van der Waals surface area contributed by atoms with Crippen molar-refractivity contribution in [1.82, 2.24) is 9.97 Å². The van der Waals surface area contributed by atoms with Crippen LogP contribution in [0, 0.1) is 0 Å². The van der Waals surface area contributed by atoms with Gasteiger partial charge in [-0.15, -0.1) is 0 Å². The molecule has 0 unspecified atom stereocenters. The number of rotatable bonds is 11. The third-order valence-corrected chi connectivity index (χ3v) is 10.6. The van der Waals surface area contributed by atoms with Crippen molar-refractivity contribution in [2.75, 3.05) is 24.9 Å². The van der Waals surface area contributed by atoms with Crippen molar-refractivity contribution < 1.29 is 28.5 Å². The Balaban J connectivity index is 0.000000204. The van der Waals surface area contributed by atoms with Crippen LogP contribution in [0.15, 0.2) is 48.8 Å². The molecule has 4 aromatic rings. The number of aromatic nitrogens is 2. The number of hydrogen-bond acceptors (Lipinski definition) is 8. The average Bonchev–Trinajstić information content (AvgIpc) is 3.88. The highest BCUT2D eigenvalue weighted by molar-refractivity contribution is 6.46. The standard InChI is InChI=1S/C20H22Cl2N2O3.C18H17Cl3N2O3/c1-3-15-18(22)19(14(21)11-23-15)24-20(25)12-8-9-16(26-2)17(10-12)27-13-6-4-5-7-13;1-25-13-7-6-10(8-14(13)26-11-4-2-3-5-11)18(24)23-16-12(19)9-22-17(21)15(16)20/h8-11,13H,3-7H2,1-2H3,(H,23,24,25);6-9,11H,2-5H2,1H3,(H,22,23,24). The van der Waals surface area contributed by atoms with Gasteiger partial charge in [-0.05, 0) is 94.2 Å². The first-order valence-electron chi connectivity index (χ1n) is 17.2. The van der Waals surface area contributed by atoms with Crippen molar-refractivity contribution >= 4 is 81.2 Å². The second kappa shape index (κ2) is 19.1. The zero-order valence-electron chi connectivity index (χ0n) is 29.4. The molecule has 2 heterocycles. The molecule has 2 aromatic heterocycles. The zero-order chi connectivity index (χ0) is 38.1. The van der Waals surface area contributed by atoms with Gasteiger partial charge in [-0.25, -0.2) is 4.98 Å². The van der Waals surface area contributed by atoms with Crippen molar-refractivity contribution in [3.63, 3.8) is 0 Å². The van der Waals surface area contributed by atoms with E-state index in [9.17, 15) is 9.59 Å². The molecule has 2 aromatic carbocycles. The number of nitrogens with zero attached hydrogens (tertiary/aromatic N) is 2. The predicted molar refractivity (Wildman–Crippen MR) is 211 cm³/mol. The predicted octanol–water partition coefficient (Wildman–Crippen LogP) is 11.2. The van der Waals surface area contributed by atoms with Crippen LogP contribution >= 0.6 is 58.0 Å². The summed E-state index contributed by atoms with van der Waals surface area (Å²) >= 11 is 30.5. The van der Waals surface area contributed by atoms with Gasteiger partial charge in [0.1, 0.15) is 10.2 Å². The molecule has 2 aliphatic rings. The van der Waals surface area contributed by atoms with E-state index < -0.39 is 5.91 Å². The number of anilines is 2.